The van der Waals surface area contributed by atoms with Crippen LogP contribution in [0.25, 0.3) is 0 Å². The van der Waals surface area contributed by atoms with E-state index in [-0.39, 0.29) is 17.6 Å². The molecule has 3 aliphatic heterocycles. The number of rotatable bonds is 4. The SMILES string of the molecule is CC(C)(O)C1(O)CC[C@](C)([C@H]2CC[C@@](C)([C@@H](O)C(=O)N3[C@@H]4C[C@H]5CC[C@]4(CS3(=O)=O)C5(C)C)O2)O1. The van der Waals surface area contributed by atoms with Crippen molar-refractivity contribution in [3.63, 3.8) is 0 Å². The first-order valence-corrected chi connectivity index (χ1v) is 14.5. The zero-order valence-corrected chi connectivity index (χ0v) is 22.5. The number of fused-ring (bicyclic) bond motifs is 1. The number of hydrogen-bond acceptors (Lipinski definition) is 8. The van der Waals surface area contributed by atoms with Crippen molar-refractivity contribution in [1.29, 1.82) is 0 Å². The minimum absolute atomic E-state index is 0.0474. The van der Waals surface area contributed by atoms with Crippen molar-refractivity contribution in [3.8, 4) is 0 Å². The van der Waals surface area contributed by atoms with Crippen molar-refractivity contribution in [3.05, 3.63) is 0 Å². The fraction of sp³-hybridized carbons (Fsp3) is 0.960. The summed E-state index contributed by atoms with van der Waals surface area (Å²) in [6.45, 7) is 10.6. The van der Waals surface area contributed by atoms with E-state index in [0.29, 0.717) is 31.6 Å². The second-order valence-electron chi connectivity index (χ2n) is 13.4. The lowest BCUT2D eigenvalue weighted by Gasteiger charge is -2.40. The van der Waals surface area contributed by atoms with E-state index < -0.39 is 62.2 Å². The van der Waals surface area contributed by atoms with E-state index in [1.807, 2.05) is 0 Å². The molecular formula is C25H41NO8S. The van der Waals surface area contributed by atoms with E-state index in [1.54, 1.807) is 13.8 Å². The number of carbonyl (C=O) groups is 1. The van der Waals surface area contributed by atoms with Gasteiger partial charge in [0.2, 0.25) is 10.0 Å². The van der Waals surface area contributed by atoms with Gasteiger partial charge in [0, 0.05) is 11.8 Å². The van der Waals surface area contributed by atoms with Crippen LogP contribution in [0.3, 0.4) is 0 Å². The topological polar surface area (TPSA) is 134 Å². The van der Waals surface area contributed by atoms with Crippen molar-refractivity contribution in [2.45, 2.75) is 127 Å². The number of aliphatic hydroxyl groups is 3. The van der Waals surface area contributed by atoms with Crippen LogP contribution in [0.5, 0.6) is 0 Å². The highest BCUT2D eigenvalue weighted by Crippen LogP contribution is 2.70. The molecule has 10 heteroatoms. The molecule has 2 bridgehead atoms. The molecule has 1 unspecified atom stereocenters. The number of sulfonamides is 1. The summed E-state index contributed by atoms with van der Waals surface area (Å²) in [5, 5.41) is 32.5. The molecule has 2 aliphatic carbocycles. The Bertz CT molecular complexity index is 1040. The van der Waals surface area contributed by atoms with Gasteiger partial charge in [0.15, 0.2) is 11.9 Å². The molecular weight excluding hydrogens is 474 g/mol. The van der Waals surface area contributed by atoms with Crippen molar-refractivity contribution < 1.29 is 38.0 Å². The third kappa shape index (κ3) is 3.29. The van der Waals surface area contributed by atoms with Gasteiger partial charge in [-0.15, -0.1) is 0 Å². The summed E-state index contributed by atoms with van der Waals surface area (Å²) < 4.78 is 39.8. The van der Waals surface area contributed by atoms with Gasteiger partial charge in [0.1, 0.15) is 11.2 Å². The van der Waals surface area contributed by atoms with Gasteiger partial charge in [-0.3, -0.25) is 4.79 Å². The lowest BCUT2D eigenvalue weighted by atomic mass is 9.69. The molecule has 1 amide bonds. The standard InChI is InChI=1S/C25H41NO8S/c1-20(2)15-7-10-24(20)14-35(31,32)26(16(24)13-15)19(28)18(27)23(6)9-8-17(33-23)22(5)11-12-25(30,34-22)21(3,4)29/h15-18,27,29-30H,7-14H2,1-6H3/t15-,16-,17-,18+,22-,23+,24-,25?/m1/s1. The molecule has 0 aromatic rings. The highest BCUT2D eigenvalue weighted by molar-refractivity contribution is 7.90. The Hall–Kier alpha value is -0.780. The van der Waals surface area contributed by atoms with Crippen molar-refractivity contribution >= 4 is 15.9 Å². The minimum atomic E-state index is -3.85. The van der Waals surface area contributed by atoms with Gasteiger partial charge >= 0.3 is 0 Å². The van der Waals surface area contributed by atoms with E-state index in [2.05, 4.69) is 13.8 Å². The fourth-order valence-corrected chi connectivity index (χ4v) is 10.6. The number of carbonyl (C=O) groups excluding carboxylic acids is 1. The van der Waals surface area contributed by atoms with Crippen LogP contribution in [-0.4, -0.2) is 80.5 Å². The Morgan fingerprint density at radius 3 is 2.31 bits per heavy atom. The first kappa shape index (κ1) is 25.9. The zero-order chi connectivity index (χ0) is 26.0. The molecule has 8 atom stereocenters. The van der Waals surface area contributed by atoms with Crippen molar-refractivity contribution in [2.75, 3.05) is 5.75 Å². The quantitative estimate of drug-likeness (QED) is 0.515. The second kappa shape index (κ2) is 7.20. The highest BCUT2D eigenvalue weighted by atomic mass is 32.2. The first-order valence-electron chi connectivity index (χ1n) is 12.9. The van der Waals surface area contributed by atoms with Gasteiger partial charge in [0.25, 0.3) is 5.91 Å². The van der Waals surface area contributed by atoms with Crippen molar-refractivity contribution in [1.82, 2.24) is 4.31 Å². The molecule has 3 saturated heterocycles. The van der Waals surface area contributed by atoms with Crippen LogP contribution in [0.2, 0.25) is 0 Å². The molecule has 0 aromatic heterocycles. The van der Waals surface area contributed by atoms with Crippen LogP contribution in [0, 0.1) is 16.7 Å². The normalized spacial score (nSPS) is 48.9. The Morgan fingerprint density at radius 1 is 1.09 bits per heavy atom. The van der Waals surface area contributed by atoms with E-state index in [9.17, 15) is 28.5 Å². The maximum Gasteiger partial charge on any atom is 0.268 e. The average Bonchev–Trinajstić information content (AvgIpc) is 3.45. The summed E-state index contributed by atoms with van der Waals surface area (Å²) >= 11 is 0. The van der Waals surface area contributed by atoms with E-state index in [1.165, 1.54) is 13.8 Å². The van der Waals surface area contributed by atoms with Crippen LogP contribution in [0.4, 0.5) is 0 Å². The van der Waals surface area contributed by atoms with Crippen molar-refractivity contribution in [2.24, 2.45) is 16.7 Å². The summed E-state index contributed by atoms with van der Waals surface area (Å²) in [7, 11) is -3.85. The number of hydrogen-bond donors (Lipinski definition) is 3. The molecule has 5 fully saturated rings. The molecule has 1 spiro atoms. The molecule has 5 aliphatic rings. The molecule has 35 heavy (non-hydrogen) atoms. The maximum atomic E-state index is 13.6. The third-order valence-corrected chi connectivity index (χ3v) is 12.7. The lowest BCUT2D eigenvalue weighted by molar-refractivity contribution is -0.310. The van der Waals surface area contributed by atoms with Crippen LogP contribution in [0.15, 0.2) is 0 Å². The predicted molar refractivity (Wildman–Crippen MR) is 126 cm³/mol. The van der Waals surface area contributed by atoms with Crippen LogP contribution in [-0.2, 0) is 24.3 Å². The van der Waals surface area contributed by atoms with Crippen LogP contribution in [0.1, 0.15) is 86.5 Å². The molecule has 3 N–H and O–H groups in total. The summed E-state index contributed by atoms with van der Waals surface area (Å²) in [5.74, 6) is -2.21. The highest BCUT2D eigenvalue weighted by Gasteiger charge is 2.73. The van der Waals surface area contributed by atoms with Gasteiger partial charge < -0.3 is 24.8 Å². The van der Waals surface area contributed by atoms with Gasteiger partial charge in [-0.1, -0.05) is 13.8 Å². The Labute approximate surface area is 208 Å². The molecule has 0 aromatic carbocycles. The summed E-state index contributed by atoms with van der Waals surface area (Å²) in [6, 6.07) is -0.415. The Balaban J connectivity index is 1.35. The van der Waals surface area contributed by atoms with E-state index in [4.69, 9.17) is 9.47 Å². The largest absolute Gasteiger partial charge is 0.385 e. The molecule has 3 heterocycles. The maximum absolute atomic E-state index is 13.6. The molecule has 5 rings (SSSR count). The average molecular weight is 516 g/mol. The van der Waals surface area contributed by atoms with Gasteiger partial charge in [-0.25, -0.2) is 12.7 Å². The van der Waals surface area contributed by atoms with Gasteiger partial charge in [-0.05, 0) is 77.6 Å². The predicted octanol–water partition coefficient (Wildman–Crippen LogP) is 1.68. The first-order chi connectivity index (χ1) is 15.8. The zero-order valence-electron chi connectivity index (χ0n) is 21.7. The second-order valence-corrected chi connectivity index (χ2v) is 15.2. The van der Waals surface area contributed by atoms with E-state index in [0.717, 1.165) is 17.1 Å². The molecule has 9 nitrogen and oxygen atoms in total. The minimum Gasteiger partial charge on any atom is -0.385 e. The van der Waals surface area contributed by atoms with Gasteiger partial charge in [-0.2, -0.15) is 0 Å². The molecule has 2 saturated carbocycles. The summed E-state index contributed by atoms with van der Waals surface area (Å²) in [4.78, 5) is 13.6. The summed E-state index contributed by atoms with van der Waals surface area (Å²) in [5.41, 5.74) is -4.32. The fourth-order valence-electron chi connectivity index (χ4n) is 8.02. The van der Waals surface area contributed by atoms with E-state index >= 15 is 0 Å². The van der Waals surface area contributed by atoms with Crippen LogP contribution >= 0.6 is 0 Å². The van der Waals surface area contributed by atoms with Gasteiger partial charge in [0.05, 0.1) is 23.5 Å². The number of nitrogens with zero attached hydrogens (tertiary/aromatic N) is 1. The van der Waals surface area contributed by atoms with Crippen LogP contribution < -0.4 is 0 Å². The lowest BCUT2D eigenvalue weighted by Crippen LogP contribution is -2.56. The number of aliphatic hydroxyl groups excluding tert-OH is 1. The summed E-state index contributed by atoms with van der Waals surface area (Å²) in [6.07, 6.45) is 1.68. The third-order valence-electron chi connectivity index (χ3n) is 10.8. The Kier molecular flexibility index (Phi) is 5.32. The number of amides is 1. The molecule has 200 valence electrons. The smallest absolute Gasteiger partial charge is 0.268 e. The number of ether oxygens (including phenoxy) is 2. The Morgan fingerprint density at radius 2 is 1.74 bits per heavy atom. The monoisotopic (exact) mass is 515 g/mol. The molecule has 0 radical (unpaired) electrons.